The first-order valence-electron chi connectivity index (χ1n) is 9.20. The molecule has 29 heavy (non-hydrogen) atoms. The molecule has 0 bridgehead atoms. The number of carbonyl (C=O) groups is 2. The van der Waals surface area contributed by atoms with Crippen LogP contribution >= 0.6 is 0 Å². The third kappa shape index (κ3) is 6.07. The maximum Gasteiger partial charge on any atom is 0.352 e. The van der Waals surface area contributed by atoms with E-state index in [1.165, 1.54) is 11.6 Å². The first kappa shape index (κ1) is 19.9. The van der Waals surface area contributed by atoms with Gasteiger partial charge in [0.2, 0.25) is 0 Å². The van der Waals surface area contributed by atoms with Crippen LogP contribution in [-0.2, 0) is 11.2 Å². The summed E-state index contributed by atoms with van der Waals surface area (Å²) in [5.41, 5.74) is 2.04. The van der Waals surface area contributed by atoms with E-state index in [2.05, 4.69) is 17.4 Å². The number of carbonyl (C=O) groups excluding carboxylic acids is 1. The lowest BCUT2D eigenvalue weighted by Gasteiger charge is -2.08. The Labute approximate surface area is 169 Å². The molecule has 146 valence electrons. The Bertz CT molecular complexity index is 980. The number of hydrogen-bond acceptors (Lipinski definition) is 3. The summed E-state index contributed by atoms with van der Waals surface area (Å²) in [6.45, 7) is 0.548. The summed E-state index contributed by atoms with van der Waals surface area (Å²) in [4.78, 5) is 23.7. The largest absolute Gasteiger partial charge is 0.493 e. The smallest absolute Gasteiger partial charge is 0.352 e. The molecule has 5 heteroatoms. The van der Waals surface area contributed by atoms with Crippen LogP contribution in [0.15, 0.2) is 90.6 Å². The second-order valence-electron chi connectivity index (χ2n) is 6.34. The van der Waals surface area contributed by atoms with Gasteiger partial charge < -0.3 is 15.2 Å². The Morgan fingerprint density at radius 2 is 1.48 bits per heavy atom. The van der Waals surface area contributed by atoms with Crippen molar-refractivity contribution in [1.82, 2.24) is 5.32 Å². The first-order chi connectivity index (χ1) is 14.1. The predicted octanol–water partition coefficient (Wildman–Crippen LogP) is 4.16. The summed E-state index contributed by atoms with van der Waals surface area (Å²) >= 11 is 0. The molecule has 3 aromatic rings. The molecule has 0 unspecified atom stereocenters. The van der Waals surface area contributed by atoms with Gasteiger partial charge in [0, 0.05) is 12.0 Å². The van der Waals surface area contributed by atoms with E-state index in [0.29, 0.717) is 23.5 Å². The molecule has 0 saturated heterocycles. The number of hydrogen-bond donors (Lipinski definition) is 2. The van der Waals surface area contributed by atoms with E-state index in [9.17, 15) is 14.7 Å². The molecule has 0 saturated carbocycles. The van der Waals surface area contributed by atoms with Crippen molar-refractivity contribution in [3.63, 3.8) is 0 Å². The highest BCUT2D eigenvalue weighted by molar-refractivity contribution is 6.02. The van der Waals surface area contributed by atoms with Crippen LogP contribution in [0.5, 0.6) is 5.75 Å². The fraction of sp³-hybridized carbons (Fsp3) is 0.0833. The predicted molar refractivity (Wildman–Crippen MR) is 112 cm³/mol. The summed E-state index contributed by atoms with van der Waals surface area (Å²) in [5.74, 6) is -0.985. The van der Waals surface area contributed by atoms with E-state index in [1.54, 1.807) is 54.6 Å². The summed E-state index contributed by atoms with van der Waals surface area (Å²) in [7, 11) is 0. The molecule has 0 spiro atoms. The van der Waals surface area contributed by atoms with Crippen LogP contribution in [0.4, 0.5) is 0 Å². The Balaban J connectivity index is 1.61. The Morgan fingerprint density at radius 1 is 0.862 bits per heavy atom. The van der Waals surface area contributed by atoms with Crippen molar-refractivity contribution in [2.45, 2.75) is 6.42 Å². The normalized spacial score (nSPS) is 11.0. The van der Waals surface area contributed by atoms with Gasteiger partial charge in [-0.2, -0.15) is 0 Å². The molecule has 2 N–H and O–H groups in total. The van der Waals surface area contributed by atoms with Crippen LogP contribution < -0.4 is 10.1 Å². The molecule has 3 aromatic carbocycles. The van der Waals surface area contributed by atoms with Crippen LogP contribution in [0.25, 0.3) is 6.08 Å². The van der Waals surface area contributed by atoms with Crippen molar-refractivity contribution < 1.29 is 19.4 Å². The molecule has 0 radical (unpaired) electrons. The molecule has 1 amide bonds. The van der Waals surface area contributed by atoms with Crippen LogP contribution in [0.3, 0.4) is 0 Å². The maximum absolute atomic E-state index is 12.2. The zero-order valence-corrected chi connectivity index (χ0v) is 15.7. The highest BCUT2D eigenvalue weighted by Gasteiger charge is 2.13. The molecule has 0 fully saturated rings. The number of rotatable bonds is 8. The number of amides is 1. The average molecular weight is 387 g/mol. The summed E-state index contributed by atoms with van der Waals surface area (Å²) < 4.78 is 5.73. The molecule has 3 rings (SSSR count). The minimum Gasteiger partial charge on any atom is -0.493 e. The van der Waals surface area contributed by atoms with Gasteiger partial charge in [0.05, 0.1) is 6.61 Å². The fourth-order valence-corrected chi connectivity index (χ4v) is 2.69. The zero-order valence-electron chi connectivity index (χ0n) is 15.7. The molecule has 0 aromatic heterocycles. The molecular formula is C24H21NO4. The highest BCUT2D eigenvalue weighted by atomic mass is 16.5. The number of nitrogens with one attached hydrogen (secondary N) is 1. The molecular weight excluding hydrogens is 366 g/mol. The molecule has 0 aliphatic carbocycles. The van der Waals surface area contributed by atoms with E-state index in [0.717, 1.165) is 6.42 Å². The number of ether oxygens (including phenoxy) is 1. The number of carboxylic acids is 1. The van der Waals surface area contributed by atoms with Crippen molar-refractivity contribution in [2.75, 3.05) is 6.61 Å². The van der Waals surface area contributed by atoms with Gasteiger partial charge in [0.15, 0.2) is 0 Å². The number of carboxylic acid groups (broad SMARTS) is 1. The van der Waals surface area contributed by atoms with Crippen LogP contribution in [-0.4, -0.2) is 23.6 Å². The van der Waals surface area contributed by atoms with Gasteiger partial charge in [-0.05, 0) is 41.5 Å². The van der Waals surface area contributed by atoms with Crippen molar-refractivity contribution in [3.8, 4) is 5.75 Å². The molecule has 5 nitrogen and oxygen atoms in total. The van der Waals surface area contributed by atoms with Gasteiger partial charge in [-0.1, -0.05) is 60.7 Å². The van der Waals surface area contributed by atoms with E-state index in [1.807, 2.05) is 18.2 Å². The van der Waals surface area contributed by atoms with Crippen LogP contribution in [0.1, 0.15) is 21.5 Å². The second-order valence-corrected chi connectivity index (χ2v) is 6.34. The van der Waals surface area contributed by atoms with Crippen molar-refractivity contribution >= 4 is 18.0 Å². The second kappa shape index (κ2) is 9.90. The average Bonchev–Trinajstić information content (AvgIpc) is 2.75. The van der Waals surface area contributed by atoms with Crippen LogP contribution in [0, 0.1) is 0 Å². The minimum absolute atomic E-state index is 0.198. The molecule has 0 aliphatic rings. The lowest BCUT2D eigenvalue weighted by molar-refractivity contribution is -0.132. The van der Waals surface area contributed by atoms with Gasteiger partial charge >= 0.3 is 5.97 Å². The third-order valence-corrected chi connectivity index (χ3v) is 4.21. The Kier molecular flexibility index (Phi) is 6.79. The Morgan fingerprint density at radius 3 is 2.10 bits per heavy atom. The van der Waals surface area contributed by atoms with E-state index < -0.39 is 11.9 Å². The fourth-order valence-electron chi connectivity index (χ4n) is 2.69. The van der Waals surface area contributed by atoms with Gasteiger partial charge in [-0.15, -0.1) is 0 Å². The summed E-state index contributed by atoms with van der Waals surface area (Å²) in [6, 6.07) is 25.6. The summed E-state index contributed by atoms with van der Waals surface area (Å²) in [5, 5.41) is 11.8. The van der Waals surface area contributed by atoms with Crippen molar-refractivity contribution in [2.24, 2.45) is 0 Å². The standard InChI is InChI=1S/C24H21NO4/c26-23(20-9-5-2-6-10-20)25-22(24(27)28)17-19-11-13-21(14-12-19)29-16-15-18-7-3-1-4-8-18/h1-14,17H,15-16H2,(H,25,26)(H,27,28)/b22-17+. The lowest BCUT2D eigenvalue weighted by Crippen LogP contribution is -2.27. The van der Waals surface area contributed by atoms with Crippen molar-refractivity contribution in [3.05, 3.63) is 107 Å². The van der Waals surface area contributed by atoms with E-state index >= 15 is 0 Å². The highest BCUT2D eigenvalue weighted by Crippen LogP contribution is 2.15. The molecule has 0 heterocycles. The summed E-state index contributed by atoms with van der Waals surface area (Å²) in [6.07, 6.45) is 2.22. The first-order valence-corrected chi connectivity index (χ1v) is 9.20. The zero-order chi connectivity index (χ0) is 20.5. The quantitative estimate of drug-likeness (QED) is 0.569. The third-order valence-electron chi connectivity index (χ3n) is 4.21. The van der Waals surface area contributed by atoms with Crippen molar-refractivity contribution in [1.29, 1.82) is 0 Å². The lowest BCUT2D eigenvalue weighted by atomic mass is 10.1. The minimum atomic E-state index is -1.21. The van der Waals surface area contributed by atoms with Gasteiger partial charge in [0.1, 0.15) is 11.4 Å². The van der Waals surface area contributed by atoms with Gasteiger partial charge in [0.25, 0.3) is 5.91 Å². The number of aliphatic carboxylic acids is 1. The topological polar surface area (TPSA) is 75.6 Å². The maximum atomic E-state index is 12.2. The van der Waals surface area contributed by atoms with E-state index in [-0.39, 0.29) is 5.70 Å². The van der Waals surface area contributed by atoms with Gasteiger partial charge in [-0.25, -0.2) is 4.79 Å². The molecule has 0 aliphatic heterocycles. The monoisotopic (exact) mass is 387 g/mol. The van der Waals surface area contributed by atoms with Crippen LogP contribution in [0.2, 0.25) is 0 Å². The Hall–Kier alpha value is -3.86. The molecule has 0 atom stereocenters. The van der Waals surface area contributed by atoms with E-state index in [4.69, 9.17) is 4.74 Å². The number of benzene rings is 3. The SMILES string of the molecule is O=C(O)/C(=C\c1ccc(OCCc2ccccc2)cc1)NC(=O)c1ccccc1. The van der Waals surface area contributed by atoms with Gasteiger partial charge in [-0.3, -0.25) is 4.79 Å².